The summed E-state index contributed by atoms with van der Waals surface area (Å²) in [4.78, 5) is 20.4. The van der Waals surface area contributed by atoms with Gasteiger partial charge in [0.15, 0.2) is 0 Å². The Balaban J connectivity index is 3.56. The summed E-state index contributed by atoms with van der Waals surface area (Å²) >= 11 is 0. The maximum absolute atomic E-state index is 10.6. The summed E-state index contributed by atoms with van der Waals surface area (Å²) in [6.07, 6.45) is 14.4. The zero-order valence-corrected chi connectivity index (χ0v) is 14.1. The first kappa shape index (κ1) is 21.2. The van der Waals surface area contributed by atoms with E-state index in [-0.39, 0.29) is 6.42 Å². The highest BCUT2D eigenvalue weighted by Gasteiger charge is 2.27. The Kier molecular flexibility index (Phi) is 13.9. The third kappa shape index (κ3) is 13.5. The van der Waals surface area contributed by atoms with E-state index < -0.39 is 16.9 Å². The van der Waals surface area contributed by atoms with Crippen LogP contribution in [0.15, 0.2) is 12.2 Å². The highest BCUT2D eigenvalue weighted by atomic mass is 16.6. The van der Waals surface area contributed by atoms with Crippen molar-refractivity contribution in [1.82, 2.24) is 0 Å². The Morgan fingerprint density at radius 3 is 2.48 bits per heavy atom. The highest BCUT2D eigenvalue weighted by molar-refractivity contribution is 5.71. The normalized spacial score (nSPS) is 11.9. The van der Waals surface area contributed by atoms with Gasteiger partial charge in [0.2, 0.25) is 0 Å². The largest absolute Gasteiger partial charge is 0.476 e. The van der Waals surface area contributed by atoms with Crippen LogP contribution in [0, 0.1) is 22.0 Å². The first-order chi connectivity index (χ1) is 11.1. The minimum absolute atomic E-state index is 0.0659. The number of carboxylic acid groups (broad SMARTS) is 1. The molecule has 23 heavy (non-hydrogen) atoms. The highest BCUT2D eigenvalue weighted by Crippen LogP contribution is 2.07. The topological polar surface area (TPSA) is 80.4 Å². The average Bonchev–Trinajstić information content (AvgIpc) is 2.50. The van der Waals surface area contributed by atoms with Crippen LogP contribution in [0.3, 0.4) is 0 Å². The summed E-state index contributed by atoms with van der Waals surface area (Å²) in [5.41, 5.74) is 0. The van der Waals surface area contributed by atoms with Gasteiger partial charge >= 0.3 is 12.0 Å². The summed E-state index contributed by atoms with van der Waals surface area (Å²) < 4.78 is 0. The summed E-state index contributed by atoms with van der Waals surface area (Å²) in [6, 6.07) is -1.49. The molecule has 0 aliphatic rings. The lowest BCUT2D eigenvalue weighted by molar-refractivity contribution is -0.511. The molecule has 0 saturated heterocycles. The van der Waals surface area contributed by atoms with Gasteiger partial charge in [-0.15, -0.1) is 5.92 Å². The molecule has 0 aromatic heterocycles. The number of allylic oxidation sites excluding steroid dienone is 2. The Morgan fingerprint density at radius 2 is 1.83 bits per heavy atom. The fourth-order valence-corrected chi connectivity index (χ4v) is 2.16. The smallest absolute Gasteiger partial charge is 0.379 e. The first-order valence-electron chi connectivity index (χ1n) is 8.56. The van der Waals surface area contributed by atoms with E-state index in [1.165, 1.54) is 32.1 Å². The van der Waals surface area contributed by atoms with Gasteiger partial charge in [-0.3, -0.25) is 10.1 Å². The van der Waals surface area contributed by atoms with Crippen molar-refractivity contribution in [1.29, 1.82) is 0 Å². The van der Waals surface area contributed by atoms with Crippen molar-refractivity contribution in [3.63, 3.8) is 0 Å². The number of hydrogen-bond donors (Lipinski definition) is 1. The van der Waals surface area contributed by atoms with Crippen molar-refractivity contribution in [3.8, 4) is 11.8 Å². The molecule has 130 valence electrons. The number of carbonyl (C=O) groups is 1. The minimum atomic E-state index is -1.49. The Labute approximate surface area is 139 Å². The summed E-state index contributed by atoms with van der Waals surface area (Å²) in [6.45, 7) is 2.21. The maximum atomic E-state index is 10.6. The van der Waals surface area contributed by atoms with Gasteiger partial charge in [0.25, 0.3) is 0 Å². The van der Waals surface area contributed by atoms with E-state index in [0.717, 1.165) is 12.8 Å². The lowest BCUT2D eigenvalue weighted by Crippen LogP contribution is -2.28. The SMILES string of the molecule is CCCCCCCCC#CC/C=C/CCCC(C(=O)O)[N+](=O)[O-]. The molecule has 0 aliphatic carbocycles. The fraction of sp³-hybridized carbons (Fsp3) is 0.722. The molecule has 0 saturated carbocycles. The standard InChI is InChI=1S/C18H29NO4/c1-2-3-4-5-6-7-8-9-10-11-12-13-14-15-16-17(18(20)21)19(22)23/h12-13,17H,2-8,11,14-16H2,1H3,(H,20,21)/b13-12+. The zero-order chi connectivity index (χ0) is 17.3. The molecular formula is C18H29NO4. The number of rotatable bonds is 13. The van der Waals surface area contributed by atoms with Crippen molar-refractivity contribution in [2.24, 2.45) is 0 Å². The van der Waals surface area contributed by atoms with E-state index in [1.807, 2.05) is 12.2 Å². The summed E-state index contributed by atoms with van der Waals surface area (Å²) in [5, 5.41) is 19.2. The number of unbranched alkanes of at least 4 members (excludes halogenated alkanes) is 7. The lowest BCUT2D eigenvalue weighted by atomic mass is 10.1. The minimum Gasteiger partial charge on any atom is -0.476 e. The summed E-state index contributed by atoms with van der Waals surface area (Å²) in [5.74, 6) is 4.87. The van der Waals surface area contributed by atoms with Gasteiger partial charge in [0.1, 0.15) is 0 Å². The molecule has 0 aliphatic heterocycles. The van der Waals surface area contributed by atoms with E-state index in [0.29, 0.717) is 19.3 Å². The van der Waals surface area contributed by atoms with Crippen LogP contribution in [-0.4, -0.2) is 22.0 Å². The second-order valence-electron chi connectivity index (χ2n) is 5.62. The Bertz CT molecular complexity index is 406. The second-order valence-corrected chi connectivity index (χ2v) is 5.62. The van der Waals surface area contributed by atoms with Crippen molar-refractivity contribution in [2.45, 2.75) is 83.6 Å². The van der Waals surface area contributed by atoms with Crippen LogP contribution in [0.4, 0.5) is 0 Å². The van der Waals surface area contributed by atoms with Crippen LogP contribution in [0.5, 0.6) is 0 Å². The van der Waals surface area contributed by atoms with Gasteiger partial charge in [0, 0.05) is 24.2 Å². The molecule has 5 nitrogen and oxygen atoms in total. The molecule has 0 aromatic carbocycles. The van der Waals surface area contributed by atoms with Crippen LogP contribution in [0.2, 0.25) is 0 Å². The van der Waals surface area contributed by atoms with Crippen molar-refractivity contribution in [3.05, 3.63) is 22.3 Å². The molecule has 0 heterocycles. The van der Waals surface area contributed by atoms with E-state index in [4.69, 9.17) is 5.11 Å². The van der Waals surface area contributed by atoms with Crippen molar-refractivity contribution in [2.75, 3.05) is 0 Å². The monoisotopic (exact) mass is 323 g/mol. The van der Waals surface area contributed by atoms with E-state index in [2.05, 4.69) is 18.8 Å². The lowest BCUT2D eigenvalue weighted by Gasteiger charge is -2.02. The molecule has 1 atom stereocenters. The van der Waals surface area contributed by atoms with Gasteiger partial charge in [-0.25, -0.2) is 4.79 Å². The molecule has 0 bridgehead atoms. The zero-order valence-electron chi connectivity index (χ0n) is 14.1. The molecule has 0 fully saturated rings. The number of hydrogen-bond acceptors (Lipinski definition) is 3. The third-order valence-electron chi connectivity index (χ3n) is 3.55. The first-order valence-corrected chi connectivity index (χ1v) is 8.56. The van der Waals surface area contributed by atoms with Gasteiger partial charge < -0.3 is 5.11 Å². The van der Waals surface area contributed by atoms with E-state index in [9.17, 15) is 14.9 Å². The number of nitrogens with zero attached hydrogens (tertiary/aromatic N) is 1. The Morgan fingerprint density at radius 1 is 1.13 bits per heavy atom. The van der Waals surface area contributed by atoms with Crippen molar-refractivity contribution < 1.29 is 14.8 Å². The number of aliphatic carboxylic acids is 1. The van der Waals surface area contributed by atoms with Crippen molar-refractivity contribution >= 4 is 5.97 Å². The fourth-order valence-electron chi connectivity index (χ4n) is 2.16. The van der Waals surface area contributed by atoms with Gasteiger partial charge in [0.05, 0.1) is 0 Å². The molecule has 5 heteroatoms. The maximum Gasteiger partial charge on any atom is 0.379 e. The molecule has 0 spiro atoms. The van der Waals surface area contributed by atoms with Gasteiger partial charge in [-0.2, -0.15) is 0 Å². The Hall–Kier alpha value is -1.83. The molecule has 1 N–H and O–H groups in total. The van der Waals surface area contributed by atoms with E-state index in [1.54, 1.807) is 0 Å². The van der Waals surface area contributed by atoms with Crippen LogP contribution >= 0.6 is 0 Å². The average molecular weight is 323 g/mol. The molecule has 0 amide bonds. The van der Waals surface area contributed by atoms with Crippen LogP contribution < -0.4 is 0 Å². The third-order valence-corrected chi connectivity index (χ3v) is 3.55. The van der Waals surface area contributed by atoms with Crippen LogP contribution in [0.1, 0.15) is 77.6 Å². The quantitative estimate of drug-likeness (QED) is 0.177. The van der Waals surface area contributed by atoms with Gasteiger partial charge in [-0.1, -0.05) is 57.1 Å². The van der Waals surface area contributed by atoms with Crippen LogP contribution in [-0.2, 0) is 4.79 Å². The second kappa shape index (κ2) is 15.1. The van der Waals surface area contributed by atoms with E-state index >= 15 is 0 Å². The summed E-state index contributed by atoms with van der Waals surface area (Å²) in [7, 11) is 0. The number of carboxylic acids is 1. The number of nitro groups is 1. The predicted molar refractivity (Wildman–Crippen MR) is 91.8 cm³/mol. The molecular weight excluding hydrogens is 294 g/mol. The predicted octanol–water partition coefficient (Wildman–Crippen LogP) is 4.59. The molecule has 0 aromatic rings. The van der Waals surface area contributed by atoms with Gasteiger partial charge in [-0.05, 0) is 19.3 Å². The molecule has 0 radical (unpaired) electrons. The molecule has 1 unspecified atom stereocenters. The molecule has 0 rings (SSSR count). The van der Waals surface area contributed by atoms with Crippen LogP contribution in [0.25, 0.3) is 0 Å².